The largest absolute Gasteiger partial charge is 0.367 e. The number of hydrogen-bond acceptors (Lipinski definition) is 3. The molecule has 3 aromatic carbocycles. The summed E-state index contributed by atoms with van der Waals surface area (Å²) in [5.74, 6) is -0.927. The van der Waals surface area contributed by atoms with E-state index in [-0.39, 0.29) is 22.6 Å². The summed E-state index contributed by atoms with van der Waals surface area (Å²) in [5.41, 5.74) is 2.20. The number of carbonyl (C=O) groups is 1. The van der Waals surface area contributed by atoms with Crippen molar-refractivity contribution in [2.75, 3.05) is 39.3 Å². The average Bonchev–Trinajstić information content (AvgIpc) is 2.83. The zero-order valence-electron chi connectivity index (χ0n) is 17.8. The van der Waals surface area contributed by atoms with Gasteiger partial charge in [0.2, 0.25) is 0 Å². The van der Waals surface area contributed by atoms with Crippen LogP contribution in [0.15, 0.2) is 78.9 Å². The Labute approximate surface area is 193 Å². The highest BCUT2D eigenvalue weighted by Gasteiger charge is 2.26. The summed E-state index contributed by atoms with van der Waals surface area (Å²) in [7, 11) is 0. The normalized spacial score (nSPS) is 14.7. The zero-order valence-corrected chi connectivity index (χ0v) is 18.5. The Balaban J connectivity index is 1.31. The second-order valence-corrected chi connectivity index (χ2v) is 8.21. The predicted molar refractivity (Wildman–Crippen MR) is 124 cm³/mol. The van der Waals surface area contributed by atoms with E-state index >= 15 is 0 Å². The van der Waals surface area contributed by atoms with Gasteiger partial charge in [-0.1, -0.05) is 78.3 Å². The van der Waals surface area contributed by atoms with Crippen LogP contribution in [-0.2, 0) is 4.74 Å². The molecule has 6 heteroatoms. The van der Waals surface area contributed by atoms with Gasteiger partial charge in [-0.3, -0.25) is 9.69 Å². The minimum atomic E-state index is -0.578. The first-order chi connectivity index (χ1) is 15.6. The van der Waals surface area contributed by atoms with E-state index in [2.05, 4.69) is 29.2 Å². The molecular weight excluding hydrogens is 427 g/mol. The number of benzene rings is 3. The van der Waals surface area contributed by atoms with Gasteiger partial charge in [-0.2, -0.15) is 0 Å². The molecule has 1 fully saturated rings. The molecular formula is C26H26ClFN2O2. The quantitative estimate of drug-likeness (QED) is 0.503. The molecule has 1 saturated heterocycles. The SMILES string of the molecule is O=C(c1c(F)cccc1Cl)N1CCN(CCOC(c2ccccc2)c2ccccc2)CC1. The fourth-order valence-electron chi connectivity index (χ4n) is 3.98. The molecule has 0 aromatic heterocycles. The zero-order chi connectivity index (χ0) is 22.3. The first-order valence-corrected chi connectivity index (χ1v) is 11.2. The maximum atomic E-state index is 14.1. The Kier molecular flexibility index (Phi) is 7.53. The molecule has 166 valence electrons. The van der Waals surface area contributed by atoms with Crippen molar-refractivity contribution in [3.05, 3.63) is 106 Å². The van der Waals surface area contributed by atoms with Crippen LogP contribution in [0.5, 0.6) is 0 Å². The van der Waals surface area contributed by atoms with Gasteiger partial charge in [0.05, 0.1) is 17.2 Å². The second kappa shape index (κ2) is 10.7. The van der Waals surface area contributed by atoms with Gasteiger partial charge < -0.3 is 9.64 Å². The van der Waals surface area contributed by atoms with E-state index in [0.717, 1.165) is 17.7 Å². The van der Waals surface area contributed by atoms with E-state index in [4.69, 9.17) is 16.3 Å². The van der Waals surface area contributed by atoms with Crippen LogP contribution in [0.1, 0.15) is 27.6 Å². The molecule has 1 amide bonds. The summed E-state index contributed by atoms with van der Waals surface area (Å²) < 4.78 is 20.4. The monoisotopic (exact) mass is 452 g/mol. The Morgan fingerprint density at radius 1 is 0.875 bits per heavy atom. The van der Waals surface area contributed by atoms with Gasteiger partial charge >= 0.3 is 0 Å². The molecule has 4 rings (SSSR count). The molecule has 0 saturated carbocycles. The van der Waals surface area contributed by atoms with Gasteiger partial charge in [-0.25, -0.2) is 4.39 Å². The lowest BCUT2D eigenvalue weighted by molar-refractivity contribution is 0.0407. The number of halogens is 2. The third kappa shape index (κ3) is 5.36. The Bertz CT molecular complexity index is 965. The molecule has 0 radical (unpaired) electrons. The number of ether oxygens (including phenoxy) is 1. The molecule has 32 heavy (non-hydrogen) atoms. The summed E-state index contributed by atoms with van der Waals surface area (Å²) in [6.45, 7) is 3.82. The highest BCUT2D eigenvalue weighted by atomic mass is 35.5. The highest BCUT2D eigenvalue weighted by molar-refractivity contribution is 6.33. The molecule has 0 atom stereocenters. The average molecular weight is 453 g/mol. The molecule has 1 aliphatic heterocycles. The minimum Gasteiger partial charge on any atom is -0.367 e. The third-order valence-corrected chi connectivity index (χ3v) is 6.05. The van der Waals surface area contributed by atoms with Gasteiger partial charge in [0.1, 0.15) is 11.9 Å². The van der Waals surface area contributed by atoms with Crippen LogP contribution in [0, 0.1) is 5.82 Å². The van der Waals surface area contributed by atoms with Crippen LogP contribution >= 0.6 is 11.6 Å². The topological polar surface area (TPSA) is 32.8 Å². The molecule has 0 unspecified atom stereocenters. The van der Waals surface area contributed by atoms with Gasteiger partial charge in [0.25, 0.3) is 5.91 Å². The summed E-state index contributed by atoms with van der Waals surface area (Å²) in [5, 5.41) is 0.152. The van der Waals surface area contributed by atoms with E-state index < -0.39 is 5.82 Å². The maximum Gasteiger partial charge on any atom is 0.258 e. The number of amides is 1. The lowest BCUT2D eigenvalue weighted by Crippen LogP contribution is -2.49. The van der Waals surface area contributed by atoms with E-state index in [1.807, 2.05) is 36.4 Å². The van der Waals surface area contributed by atoms with Crippen molar-refractivity contribution >= 4 is 17.5 Å². The van der Waals surface area contributed by atoms with Gasteiger partial charge in [-0.05, 0) is 23.3 Å². The van der Waals surface area contributed by atoms with Crippen molar-refractivity contribution in [2.24, 2.45) is 0 Å². The Hall–Kier alpha value is -2.73. The summed E-state index contributed by atoms with van der Waals surface area (Å²) >= 11 is 6.06. The van der Waals surface area contributed by atoms with Crippen LogP contribution in [0.3, 0.4) is 0 Å². The van der Waals surface area contributed by atoms with Crippen LogP contribution in [0.2, 0.25) is 5.02 Å². The van der Waals surface area contributed by atoms with Crippen LogP contribution < -0.4 is 0 Å². The van der Waals surface area contributed by atoms with E-state index in [9.17, 15) is 9.18 Å². The second-order valence-electron chi connectivity index (χ2n) is 7.80. The van der Waals surface area contributed by atoms with E-state index in [1.54, 1.807) is 11.0 Å². The standard InChI is InChI=1S/C26H26ClFN2O2/c27-22-12-7-13-23(28)24(22)26(31)30-16-14-29(15-17-30)18-19-32-25(20-8-3-1-4-9-20)21-10-5-2-6-11-21/h1-13,25H,14-19H2. The summed E-state index contributed by atoms with van der Waals surface area (Å²) in [6.07, 6.45) is -0.122. The number of rotatable bonds is 7. The molecule has 0 spiro atoms. The number of hydrogen-bond donors (Lipinski definition) is 0. The minimum absolute atomic E-state index is 0.0421. The summed E-state index contributed by atoms with van der Waals surface area (Å²) in [4.78, 5) is 16.7. The Morgan fingerprint density at radius 2 is 1.47 bits per heavy atom. The van der Waals surface area contributed by atoms with Crippen molar-refractivity contribution in [1.82, 2.24) is 9.80 Å². The Morgan fingerprint density at radius 3 is 2.03 bits per heavy atom. The first kappa shape index (κ1) is 22.5. The lowest BCUT2D eigenvalue weighted by atomic mass is 10.0. The molecule has 1 heterocycles. The van der Waals surface area contributed by atoms with Crippen LogP contribution in [-0.4, -0.2) is 55.0 Å². The van der Waals surface area contributed by atoms with Crippen molar-refractivity contribution in [1.29, 1.82) is 0 Å². The lowest BCUT2D eigenvalue weighted by Gasteiger charge is -2.35. The molecule has 0 aliphatic carbocycles. The van der Waals surface area contributed by atoms with Gasteiger partial charge in [-0.15, -0.1) is 0 Å². The number of piperazine rings is 1. The number of nitrogens with zero attached hydrogens (tertiary/aromatic N) is 2. The van der Waals surface area contributed by atoms with Crippen LogP contribution in [0.25, 0.3) is 0 Å². The third-order valence-electron chi connectivity index (χ3n) is 5.73. The van der Waals surface area contributed by atoms with Crippen molar-refractivity contribution in [2.45, 2.75) is 6.10 Å². The van der Waals surface area contributed by atoms with Crippen LogP contribution in [0.4, 0.5) is 4.39 Å². The smallest absolute Gasteiger partial charge is 0.258 e. The molecule has 0 N–H and O–H groups in total. The first-order valence-electron chi connectivity index (χ1n) is 10.8. The van der Waals surface area contributed by atoms with Crippen molar-refractivity contribution < 1.29 is 13.9 Å². The number of carbonyl (C=O) groups excluding carboxylic acids is 1. The molecule has 4 nitrogen and oxygen atoms in total. The van der Waals surface area contributed by atoms with Gasteiger partial charge in [0.15, 0.2) is 0 Å². The fourth-order valence-corrected chi connectivity index (χ4v) is 4.22. The molecule has 0 bridgehead atoms. The maximum absolute atomic E-state index is 14.1. The summed E-state index contributed by atoms with van der Waals surface area (Å²) in [6, 6.07) is 24.7. The highest BCUT2D eigenvalue weighted by Crippen LogP contribution is 2.26. The fraction of sp³-hybridized carbons (Fsp3) is 0.269. The molecule has 1 aliphatic rings. The predicted octanol–water partition coefficient (Wildman–Crippen LogP) is 5.04. The van der Waals surface area contributed by atoms with E-state index in [1.165, 1.54) is 12.1 Å². The molecule has 3 aromatic rings. The van der Waals surface area contributed by atoms with Gasteiger partial charge in [0, 0.05) is 32.7 Å². The van der Waals surface area contributed by atoms with Crippen molar-refractivity contribution in [3.63, 3.8) is 0 Å². The van der Waals surface area contributed by atoms with E-state index in [0.29, 0.717) is 32.8 Å². The van der Waals surface area contributed by atoms with Crippen molar-refractivity contribution in [3.8, 4) is 0 Å².